The van der Waals surface area contributed by atoms with Crippen molar-refractivity contribution in [2.75, 3.05) is 11.9 Å². The Morgan fingerprint density at radius 3 is 2.43 bits per heavy atom. The predicted molar refractivity (Wildman–Crippen MR) is 79.7 cm³/mol. The molecule has 8 nitrogen and oxygen atoms in total. The molecule has 0 spiro atoms. The number of hydrogen-bond acceptors (Lipinski definition) is 7. The van der Waals surface area contributed by atoms with Gasteiger partial charge in [-0.25, -0.2) is 0 Å². The topological polar surface area (TPSA) is 128 Å². The van der Waals surface area contributed by atoms with Crippen molar-refractivity contribution in [3.8, 4) is 5.75 Å². The van der Waals surface area contributed by atoms with Crippen molar-refractivity contribution in [2.24, 2.45) is 0 Å². The summed E-state index contributed by atoms with van der Waals surface area (Å²) in [6, 6.07) is 6.20. The molecule has 23 heavy (non-hydrogen) atoms. The lowest BCUT2D eigenvalue weighted by Crippen LogP contribution is -2.60. The smallest absolute Gasteiger partial charge is 0.247 e. The molecule has 2 rings (SSSR count). The molecule has 1 heterocycles. The van der Waals surface area contributed by atoms with Crippen LogP contribution in [0.25, 0.3) is 0 Å². The molecule has 0 saturated carbocycles. The summed E-state index contributed by atoms with van der Waals surface area (Å²) < 4.78 is 10.6. The van der Waals surface area contributed by atoms with E-state index in [1.165, 1.54) is 12.1 Å². The van der Waals surface area contributed by atoms with E-state index in [9.17, 15) is 20.1 Å². The molecule has 0 unspecified atom stereocenters. The van der Waals surface area contributed by atoms with Gasteiger partial charge in [0.2, 0.25) is 12.2 Å². The molecule has 0 bridgehead atoms. The monoisotopic (exact) mass is 325 g/mol. The molecule has 1 aromatic carbocycles. The van der Waals surface area contributed by atoms with E-state index in [1.54, 1.807) is 12.1 Å². The Hall–Kier alpha value is -1.97. The van der Waals surface area contributed by atoms with E-state index in [0.29, 0.717) is 11.4 Å². The van der Waals surface area contributed by atoms with Crippen LogP contribution in [0.15, 0.2) is 36.9 Å². The van der Waals surface area contributed by atoms with Gasteiger partial charge in [0.1, 0.15) is 30.2 Å². The maximum absolute atomic E-state index is 11.2. The van der Waals surface area contributed by atoms with Crippen molar-refractivity contribution in [2.45, 2.75) is 30.7 Å². The third kappa shape index (κ3) is 4.06. The number of carbonyl (C=O) groups is 1. The zero-order valence-corrected chi connectivity index (χ0v) is 12.2. The minimum absolute atomic E-state index is 0.311. The average Bonchev–Trinajstić information content (AvgIpc) is 2.56. The van der Waals surface area contributed by atoms with Crippen molar-refractivity contribution in [1.29, 1.82) is 0 Å². The van der Waals surface area contributed by atoms with Crippen molar-refractivity contribution >= 4 is 11.6 Å². The molecule has 0 radical (unpaired) electrons. The largest absolute Gasteiger partial charge is 0.462 e. The van der Waals surface area contributed by atoms with Gasteiger partial charge in [-0.2, -0.15) is 0 Å². The molecule has 1 saturated heterocycles. The van der Waals surface area contributed by atoms with Gasteiger partial charge in [0.15, 0.2) is 0 Å². The summed E-state index contributed by atoms with van der Waals surface area (Å²) in [4.78, 5) is 11.2. The van der Waals surface area contributed by atoms with Gasteiger partial charge in [0.05, 0.1) is 6.61 Å². The molecule has 5 atom stereocenters. The number of nitrogens with one attached hydrogen (secondary N) is 1. The Labute approximate surface area is 132 Å². The fourth-order valence-electron chi connectivity index (χ4n) is 2.11. The van der Waals surface area contributed by atoms with E-state index < -0.39 is 37.3 Å². The van der Waals surface area contributed by atoms with Crippen LogP contribution in [0.3, 0.4) is 0 Å². The van der Waals surface area contributed by atoms with Crippen LogP contribution in [0, 0.1) is 0 Å². The molecule has 126 valence electrons. The van der Waals surface area contributed by atoms with Crippen LogP contribution in [0.4, 0.5) is 5.69 Å². The number of aliphatic hydroxyl groups excluding tert-OH is 4. The van der Waals surface area contributed by atoms with Gasteiger partial charge in [-0.1, -0.05) is 6.58 Å². The van der Waals surface area contributed by atoms with Crippen LogP contribution in [-0.4, -0.2) is 63.6 Å². The number of rotatable bonds is 5. The maximum atomic E-state index is 11.2. The summed E-state index contributed by atoms with van der Waals surface area (Å²) in [6.45, 7) is 2.81. The zero-order valence-electron chi connectivity index (χ0n) is 12.2. The van der Waals surface area contributed by atoms with Gasteiger partial charge >= 0.3 is 0 Å². The fourth-order valence-corrected chi connectivity index (χ4v) is 2.11. The van der Waals surface area contributed by atoms with Gasteiger partial charge in [0.25, 0.3) is 0 Å². The van der Waals surface area contributed by atoms with Gasteiger partial charge < -0.3 is 35.2 Å². The molecular weight excluding hydrogens is 306 g/mol. The third-order valence-electron chi connectivity index (χ3n) is 3.41. The molecule has 1 amide bonds. The number of hydrogen-bond donors (Lipinski definition) is 5. The van der Waals surface area contributed by atoms with E-state index in [-0.39, 0.29) is 5.91 Å². The van der Waals surface area contributed by atoms with E-state index in [4.69, 9.17) is 14.6 Å². The van der Waals surface area contributed by atoms with Crippen LogP contribution < -0.4 is 10.1 Å². The predicted octanol–water partition coefficient (Wildman–Crippen LogP) is -1.01. The quantitative estimate of drug-likeness (QED) is 0.439. The van der Waals surface area contributed by atoms with Gasteiger partial charge in [-0.05, 0) is 30.3 Å². The first kappa shape index (κ1) is 17.4. The van der Waals surface area contributed by atoms with E-state index in [0.717, 1.165) is 6.08 Å². The van der Waals surface area contributed by atoms with Crippen molar-refractivity contribution < 1.29 is 34.7 Å². The lowest BCUT2D eigenvalue weighted by Gasteiger charge is -2.39. The molecular formula is C15H19NO7. The first-order chi connectivity index (χ1) is 11.0. The minimum Gasteiger partial charge on any atom is -0.462 e. The highest BCUT2D eigenvalue weighted by atomic mass is 16.7. The van der Waals surface area contributed by atoms with E-state index in [2.05, 4.69) is 11.9 Å². The molecule has 1 fully saturated rings. The summed E-state index contributed by atoms with van der Waals surface area (Å²) in [7, 11) is 0. The summed E-state index contributed by atoms with van der Waals surface area (Å²) in [5.74, 6) is -0.0430. The number of ether oxygens (including phenoxy) is 2. The van der Waals surface area contributed by atoms with Crippen LogP contribution >= 0.6 is 0 Å². The van der Waals surface area contributed by atoms with Crippen LogP contribution in [0.5, 0.6) is 5.75 Å². The van der Waals surface area contributed by atoms with E-state index in [1.807, 2.05) is 0 Å². The number of carbonyl (C=O) groups excluding carboxylic acids is 1. The molecule has 1 aromatic rings. The van der Waals surface area contributed by atoms with Gasteiger partial charge in [-0.3, -0.25) is 4.79 Å². The Morgan fingerprint density at radius 1 is 1.22 bits per heavy atom. The first-order valence-electron chi connectivity index (χ1n) is 6.97. The van der Waals surface area contributed by atoms with Crippen molar-refractivity contribution in [3.63, 3.8) is 0 Å². The maximum Gasteiger partial charge on any atom is 0.247 e. The second-order valence-electron chi connectivity index (χ2n) is 5.03. The number of benzene rings is 1. The molecule has 0 aliphatic carbocycles. The Morgan fingerprint density at radius 2 is 1.87 bits per heavy atom. The highest BCUT2D eigenvalue weighted by Gasteiger charge is 2.44. The molecule has 1 aliphatic rings. The Balaban J connectivity index is 2.03. The Kier molecular flexibility index (Phi) is 5.69. The summed E-state index contributed by atoms with van der Waals surface area (Å²) in [5.41, 5.74) is 0.524. The number of anilines is 1. The fraction of sp³-hybridized carbons (Fsp3) is 0.400. The lowest BCUT2D eigenvalue weighted by molar-refractivity contribution is -0.277. The van der Waals surface area contributed by atoms with Crippen molar-refractivity contribution in [1.82, 2.24) is 0 Å². The first-order valence-corrected chi connectivity index (χ1v) is 6.97. The Bertz CT molecular complexity index is 545. The van der Waals surface area contributed by atoms with Crippen molar-refractivity contribution in [3.05, 3.63) is 36.9 Å². The molecule has 0 aromatic heterocycles. The standard InChI is InChI=1S/C15H19NO7/c1-2-11(18)16-8-3-5-9(6-4-8)22-15-14(21)13(20)12(19)10(7-17)23-15/h2-6,10,12-15,17,19-21H,1,7H2,(H,16,18)/t10-,12-,13+,14+,15+/m1/s1. The summed E-state index contributed by atoms with van der Waals surface area (Å²) >= 11 is 0. The molecule has 8 heteroatoms. The molecule has 5 N–H and O–H groups in total. The third-order valence-corrected chi connectivity index (χ3v) is 3.41. The lowest BCUT2D eigenvalue weighted by atomic mass is 9.99. The normalized spacial score (nSPS) is 30.5. The summed E-state index contributed by atoms with van der Waals surface area (Å²) in [6.07, 6.45) is -5.57. The minimum atomic E-state index is -1.50. The second kappa shape index (κ2) is 7.53. The number of aliphatic hydroxyl groups is 4. The van der Waals surface area contributed by atoms with Crippen LogP contribution in [-0.2, 0) is 9.53 Å². The van der Waals surface area contributed by atoms with E-state index >= 15 is 0 Å². The zero-order chi connectivity index (χ0) is 17.0. The second-order valence-corrected chi connectivity index (χ2v) is 5.03. The summed E-state index contributed by atoms with van der Waals surface area (Å²) in [5, 5.41) is 40.9. The van der Waals surface area contributed by atoms with Gasteiger partial charge in [0, 0.05) is 5.69 Å². The average molecular weight is 325 g/mol. The molecule has 1 aliphatic heterocycles. The van der Waals surface area contributed by atoms with Crippen LogP contribution in [0.2, 0.25) is 0 Å². The SMILES string of the molecule is C=CC(=O)Nc1ccc(O[C@H]2O[C@H](CO)[C@@H](O)[C@H](O)[C@@H]2O)cc1. The van der Waals surface area contributed by atoms with Gasteiger partial charge in [-0.15, -0.1) is 0 Å². The highest BCUT2D eigenvalue weighted by molar-refractivity contribution is 5.98. The highest BCUT2D eigenvalue weighted by Crippen LogP contribution is 2.25. The van der Waals surface area contributed by atoms with Crippen LogP contribution in [0.1, 0.15) is 0 Å². The number of amides is 1.